The molecule has 0 aromatic heterocycles. The maximum Gasteiger partial charge on any atom is 0 e. The normalized spacial score (nSPS) is 7.00. The van der Waals surface area contributed by atoms with Crippen LogP contribution in [0.2, 0.25) is 0 Å². The quantitative estimate of drug-likeness (QED) is 0.617. The first-order valence-corrected chi connectivity index (χ1v) is 2.12. The van der Waals surface area contributed by atoms with E-state index in [9.17, 15) is 0 Å². The van der Waals surface area contributed by atoms with E-state index in [1.807, 2.05) is 0 Å². The summed E-state index contributed by atoms with van der Waals surface area (Å²) in [6.45, 7) is 6.39. The van der Waals surface area contributed by atoms with Crippen molar-refractivity contribution in [1.29, 1.82) is 0 Å². The zero-order chi connectivity index (χ0) is 4.12. The minimum atomic E-state index is 0. The van der Waals surface area contributed by atoms with Gasteiger partial charge in [0, 0.05) is 23.9 Å². The molecule has 0 bridgehead atoms. The van der Waals surface area contributed by atoms with Crippen molar-refractivity contribution < 1.29 is 0 Å². The van der Waals surface area contributed by atoms with Crippen LogP contribution >= 0.6 is 0 Å². The van der Waals surface area contributed by atoms with Crippen molar-refractivity contribution in [2.24, 2.45) is 0 Å². The van der Waals surface area contributed by atoms with Gasteiger partial charge in [-0.2, -0.15) is 0 Å². The SMILES string of the molecule is CCNCC.[Sn]. The Labute approximate surface area is 56.5 Å². The van der Waals surface area contributed by atoms with Crippen LogP contribution in [0.4, 0.5) is 0 Å². The zero-order valence-electron chi connectivity index (χ0n) is 4.41. The third-order valence-corrected chi connectivity index (χ3v) is 0.500. The van der Waals surface area contributed by atoms with E-state index in [-0.39, 0.29) is 23.9 Å². The van der Waals surface area contributed by atoms with Crippen molar-refractivity contribution in [1.82, 2.24) is 5.32 Å². The van der Waals surface area contributed by atoms with Crippen molar-refractivity contribution in [3.63, 3.8) is 0 Å². The van der Waals surface area contributed by atoms with Crippen molar-refractivity contribution >= 4 is 23.9 Å². The molecule has 0 aliphatic carbocycles. The van der Waals surface area contributed by atoms with Crippen molar-refractivity contribution in [3.8, 4) is 0 Å². The molecule has 0 heterocycles. The van der Waals surface area contributed by atoms with E-state index in [4.69, 9.17) is 0 Å². The van der Waals surface area contributed by atoms with Crippen LogP contribution in [0.3, 0.4) is 0 Å². The van der Waals surface area contributed by atoms with Crippen LogP contribution in [0.1, 0.15) is 13.8 Å². The van der Waals surface area contributed by atoms with Crippen molar-refractivity contribution in [2.45, 2.75) is 13.8 Å². The fourth-order valence-electron chi connectivity index (χ4n) is 0.250. The maximum absolute atomic E-state index is 3.11. The summed E-state index contributed by atoms with van der Waals surface area (Å²) in [4.78, 5) is 0. The fourth-order valence-corrected chi connectivity index (χ4v) is 0.250. The smallest absolute Gasteiger partial charge is 0 e. The molecule has 0 aliphatic heterocycles. The molecule has 0 aliphatic rings. The predicted octanol–water partition coefficient (Wildman–Crippen LogP) is 0.235. The Morgan fingerprint density at radius 3 is 1.50 bits per heavy atom. The van der Waals surface area contributed by atoms with Gasteiger partial charge in [-0.1, -0.05) is 13.8 Å². The third kappa shape index (κ3) is 8.83. The molecule has 0 saturated carbocycles. The molecule has 6 heavy (non-hydrogen) atoms. The first-order chi connectivity index (χ1) is 2.41. The molecule has 0 saturated heterocycles. The van der Waals surface area contributed by atoms with E-state index in [0.29, 0.717) is 0 Å². The minimum absolute atomic E-state index is 0. The number of rotatable bonds is 2. The second-order valence-electron chi connectivity index (χ2n) is 0.957. The summed E-state index contributed by atoms with van der Waals surface area (Å²) >= 11 is 0. The fraction of sp³-hybridized carbons (Fsp3) is 1.00. The summed E-state index contributed by atoms with van der Waals surface area (Å²) in [5.41, 5.74) is 0. The average Bonchev–Trinajstić information content (AvgIpc) is 1.41. The van der Waals surface area contributed by atoms with Crippen molar-refractivity contribution in [2.75, 3.05) is 13.1 Å². The summed E-state index contributed by atoms with van der Waals surface area (Å²) in [6, 6.07) is 0. The van der Waals surface area contributed by atoms with Gasteiger partial charge in [-0.15, -0.1) is 0 Å². The largest absolute Gasteiger partial charge is 0.317 e. The monoisotopic (exact) mass is 193 g/mol. The molecule has 0 spiro atoms. The average molecular weight is 192 g/mol. The summed E-state index contributed by atoms with van der Waals surface area (Å²) in [6.07, 6.45) is 0. The summed E-state index contributed by atoms with van der Waals surface area (Å²) in [5, 5.41) is 3.11. The molecule has 0 unspecified atom stereocenters. The summed E-state index contributed by atoms with van der Waals surface area (Å²) in [5.74, 6) is 0. The van der Waals surface area contributed by atoms with E-state index in [1.165, 1.54) is 0 Å². The Morgan fingerprint density at radius 2 is 1.50 bits per heavy atom. The third-order valence-electron chi connectivity index (χ3n) is 0.500. The Morgan fingerprint density at radius 1 is 1.17 bits per heavy atom. The molecule has 0 amide bonds. The Hall–Kier alpha value is 0.759. The molecule has 4 radical (unpaired) electrons. The van der Waals surface area contributed by atoms with Gasteiger partial charge in [0.2, 0.25) is 0 Å². The van der Waals surface area contributed by atoms with Crippen LogP contribution in [0.15, 0.2) is 0 Å². The summed E-state index contributed by atoms with van der Waals surface area (Å²) in [7, 11) is 0. The second kappa shape index (κ2) is 9.23. The van der Waals surface area contributed by atoms with E-state index < -0.39 is 0 Å². The Kier molecular flexibility index (Phi) is 15.2. The summed E-state index contributed by atoms with van der Waals surface area (Å²) < 4.78 is 0. The van der Waals surface area contributed by atoms with Gasteiger partial charge in [0.15, 0.2) is 0 Å². The van der Waals surface area contributed by atoms with Gasteiger partial charge in [0.25, 0.3) is 0 Å². The first-order valence-electron chi connectivity index (χ1n) is 2.12. The van der Waals surface area contributed by atoms with Crippen LogP contribution in [-0.4, -0.2) is 37.0 Å². The van der Waals surface area contributed by atoms with Gasteiger partial charge in [0.05, 0.1) is 0 Å². The number of hydrogen-bond donors (Lipinski definition) is 1. The second-order valence-corrected chi connectivity index (χ2v) is 0.957. The van der Waals surface area contributed by atoms with Gasteiger partial charge in [-0.05, 0) is 13.1 Å². The molecule has 2 heteroatoms. The van der Waals surface area contributed by atoms with Gasteiger partial charge < -0.3 is 5.32 Å². The molecule has 1 N–H and O–H groups in total. The maximum atomic E-state index is 3.11. The van der Waals surface area contributed by atoms with Gasteiger partial charge in [-0.25, -0.2) is 0 Å². The van der Waals surface area contributed by atoms with Crippen LogP contribution in [0.25, 0.3) is 0 Å². The van der Waals surface area contributed by atoms with Gasteiger partial charge in [-0.3, -0.25) is 0 Å². The van der Waals surface area contributed by atoms with Gasteiger partial charge in [0.1, 0.15) is 0 Å². The van der Waals surface area contributed by atoms with Crippen LogP contribution in [0.5, 0.6) is 0 Å². The molecular weight excluding hydrogens is 181 g/mol. The minimum Gasteiger partial charge on any atom is -0.317 e. The van der Waals surface area contributed by atoms with E-state index >= 15 is 0 Å². The molecule has 0 rings (SSSR count). The molecule has 0 aromatic rings. The van der Waals surface area contributed by atoms with Crippen LogP contribution < -0.4 is 5.32 Å². The zero-order valence-corrected chi connectivity index (χ0v) is 7.27. The van der Waals surface area contributed by atoms with E-state index in [2.05, 4.69) is 19.2 Å². The standard InChI is InChI=1S/C4H11N.Sn/c1-3-5-4-2;/h5H,3-4H2,1-2H3;. The number of nitrogens with one attached hydrogen (secondary N) is 1. The molecular formula is C4H11NSn. The van der Waals surface area contributed by atoms with Crippen molar-refractivity contribution in [3.05, 3.63) is 0 Å². The molecule has 1 nitrogen and oxygen atoms in total. The van der Waals surface area contributed by atoms with E-state index in [1.54, 1.807) is 0 Å². The van der Waals surface area contributed by atoms with Gasteiger partial charge >= 0.3 is 0 Å². The Balaban J connectivity index is 0. The number of hydrogen-bond acceptors (Lipinski definition) is 1. The van der Waals surface area contributed by atoms with Crippen LogP contribution in [0, 0.1) is 0 Å². The molecule has 0 aromatic carbocycles. The van der Waals surface area contributed by atoms with Crippen LogP contribution in [-0.2, 0) is 0 Å². The molecule has 36 valence electrons. The predicted molar refractivity (Wildman–Crippen MR) is 30.0 cm³/mol. The first kappa shape index (κ1) is 9.90. The molecule has 0 fully saturated rings. The van der Waals surface area contributed by atoms with E-state index in [0.717, 1.165) is 13.1 Å². The molecule has 0 atom stereocenters. The topological polar surface area (TPSA) is 12.0 Å². The Bertz CT molecular complexity index is 15.0.